The summed E-state index contributed by atoms with van der Waals surface area (Å²) in [7, 11) is -3.84. The van der Waals surface area contributed by atoms with Gasteiger partial charge >= 0.3 is 5.97 Å². The van der Waals surface area contributed by atoms with E-state index in [9.17, 15) is 18.3 Å². The Morgan fingerprint density at radius 1 is 1.13 bits per heavy atom. The van der Waals surface area contributed by atoms with Crippen molar-refractivity contribution in [2.24, 2.45) is 0 Å². The SMILES string of the molecule is O=C(O)c1ccc(NS(=O)(=O)c2csc3ccccc23)cc1O. The third-order valence-corrected chi connectivity index (χ3v) is 5.75. The number of anilines is 1. The number of aromatic hydroxyl groups is 1. The van der Waals surface area contributed by atoms with Crippen LogP contribution in [0.1, 0.15) is 10.4 Å². The van der Waals surface area contributed by atoms with Crippen molar-refractivity contribution in [3.63, 3.8) is 0 Å². The first-order valence-corrected chi connectivity index (χ1v) is 8.80. The summed E-state index contributed by atoms with van der Waals surface area (Å²) in [5.74, 6) is -1.80. The van der Waals surface area contributed by atoms with Gasteiger partial charge in [-0.2, -0.15) is 0 Å². The van der Waals surface area contributed by atoms with Crippen LogP contribution < -0.4 is 4.72 Å². The normalized spacial score (nSPS) is 11.5. The van der Waals surface area contributed by atoms with Crippen molar-refractivity contribution in [2.75, 3.05) is 4.72 Å². The lowest BCUT2D eigenvalue weighted by atomic mass is 10.2. The van der Waals surface area contributed by atoms with Crippen molar-refractivity contribution >= 4 is 43.1 Å². The lowest BCUT2D eigenvalue weighted by Gasteiger charge is -2.08. The van der Waals surface area contributed by atoms with E-state index in [1.54, 1.807) is 17.5 Å². The largest absolute Gasteiger partial charge is 0.507 e. The second kappa shape index (κ2) is 5.56. The molecule has 0 saturated heterocycles. The number of carboxylic acids is 1. The molecule has 0 unspecified atom stereocenters. The van der Waals surface area contributed by atoms with Gasteiger partial charge in [0.25, 0.3) is 10.0 Å². The summed E-state index contributed by atoms with van der Waals surface area (Å²) in [5.41, 5.74) is -0.211. The maximum absolute atomic E-state index is 12.5. The number of thiophene rings is 1. The van der Waals surface area contributed by atoms with Crippen molar-refractivity contribution in [1.82, 2.24) is 0 Å². The van der Waals surface area contributed by atoms with E-state index in [0.29, 0.717) is 5.39 Å². The van der Waals surface area contributed by atoms with Crippen LogP contribution in [0.3, 0.4) is 0 Å². The van der Waals surface area contributed by atoms with E-state index in [4.69, 9.17) is 5.11 Å². The topological polar surface area (TPSA) is 104 Å². The van der Waals surface area contributed by atoms with Gasteiger partial charge < -0.3 is 10.2 Å². The molecule has 0 radical (unpaired) electrons. The summed E-state index contributed by atoms with van der Waals surface area (Å²) in [6.07, 6.45) is 0. The second-order valence-corrected chi connectivity index (χ2v) is 7.30. The molecule has 6 nitrogen and oxygen atoms in total. The number of sulfonamides is 1. The number of nitrogens with one attached hydrogen (secondary N) is 1. The Labute approximate surface area is 135 Å². The maximum atomic E-state index is 12.5. The molecule has 0 bridgehead atoms. The second-order valence-electron chi connectivity index (χ2n) is 4.74. The first kappa shape index (κ1) is 15.3. The molecule has 1 heterocycles. The molecule has 0 spiro atoms. The minimum atomic E-state index is -3.84. The van der Waals surface area contributed by atoms with Crippen LogP contribution in [0, 0.1) is 0 Å². The Kier molecular flexibility index (Phi) is 3.70. The molecule has 0 aliphatic carbocycles. The fraction of sp³-hybridized carbons (Fsp3) is 0. The third kappa shape index (κ3) is 2.86. The van der Waals surface area contributed by atoms with Gasteiger partial charge in [0, 0.05) is 21.5 Å². The fourth-order valence-electron chi connectivity index (χ4n) is 2.15. The predicted octanol–water partition coefficient (Wildman–Crippen LogP) is 3.11. The lowest BCUT2D eigenvalue weighted by Crippen LogP contribution is -2.12. The molecule has 3 aromatic rings. The number of carbonyl (C=O) groups is 1. The Bertz CT molecular complexity index is 1010. The highest BCUT2D eigenvalue weighted by Gasteiger charge is 2.20. The Balaban J connectivity index is 1.98. The predicted molar refractivity (Wildman–Crippen MR) is 87.7 cm³/mol. The standard InChI is InChI=1S/C15H11NO5S2/c17-12-7-9(5-6-10(12)15(18)19)16-23(20,21)14-8-22-13-4-2-1-3-11(13)14/h1-8,16-17H,(H,18,19). The zero-order valence-corrected chi connectivity index (χ0v) is 13.2. The van der Waals surface area contributed by atoms with Gasteiger partial charge in [0.15, 0.2) is 0 Å². The zero-order valence-electron chi connectivity index (χ0n) is 11.6. The van der Waals surface area contributed by atoms with E-state index in [2.05, 4.69) is 4.72 Å². The number of hydrogen-bond donors (Lipinski definition) is 3. The molecule has 8 heteroatoms. The Morgan fingerprint density at radius 3 is 2.57 bits per heavy atom. The highest BCUT2D eigenvalue weighted by Crippen LogP contribution is 2.31. The first-order chi connectivity index (χ1) is 10.9. The average Bonchev–Trinajstić information content (AvgIpc) is 2.91. The van der Waals surface area contributed by atoms with Gasteiger partial charge in [0.1, 0.15) is 16.2 Å². The number of benzene rings is 2. The Morgan fingerprint density at radius 2 is 1.87 bits per heavy atom. The number of fused-ring (bicyclic) bond motifs is 1. The maximum Gasteiger partial charge on any atom is 0.339 e. The highest BCUT2D eigenvalue weighted by atomic mass is 32.2. The first-order valence-electron chi connectivity index (χ1n) is 6.44. The van der Waals surface area contributed by atoms with E-state index in [-0.39, 0.29) is 16.1 Å². The molecular weight excluding hydrogens is 338 g/mol. The quantitative estimate of drug-likeness (QED) is 0.671. The molecule has 118 valence electrons. The lowest BCUT2D eigenvalue weighted by molar-refractivity contribution is 0.0694. The molecule has 0 saturated carbocycles. The number of phenols is 1. The number of hydrogen-bond acceptors (Lipinski definition) is 5. The molecule has 3 rings (SSSR count). The average molecular weight is 349 g/mol. The zero-order chi connectivity index (χ0) is 16.6. The van der Waals surface area contributed by atoms with Crippen LogP contribution in [-0.4, -0.2) is 24.6 Å². The van der Waals surface area contributed by atoms with Crippen molar-refractivity contribution in [1.29, 1.82) is 0 Å². The molecular formula is C15H11NO5S2. The van der Waals surface area contributed by atoms with E-state index in [1.165, 1.54) is 17.4 Å². The molecule has 0 fully saturated rings. The highest BCUT2D eigenvalue weighted by molar-refractivity contribution is 7.93. The molecule has 0 amide bonds. The monoisotopic (exact) mass is 349 g/mol. The van der Waals surface area contributed by atoms with E-state index < -0.39 is 21.7 Å². The summed E-state index contributed by atoms with van der Waals surface area (Å²) >= 11 is 1.31. The molecule has 1 aromatic heterocycles. The van der Waals surface area contributed by atoms with Crippen LogP contribution in [0.25, 0.3) is 10.1 Å². The van der Waals surface area contributed by atoms with Crippen molar-refractivity contribution < 1.29 is 23.4 Å². The number of carboxylic acid groups (broad SMARTS) is 1. The van der Waals surface area contributed by atoms with Crippen LogP contribution >= 0.6 is 11.3 Å². The van der Waals surface area contributed by atoms with Crippen LogP contribution in [0.5, 0.6) is 5.75 Å². The molecule has 3 N–H and O–H groups in total. The molecule has 0 atom stereocenters. The van der Waals surface area contributed by atoms with Gasteiger partial charge in [-0.05, 0) is 18.2 Å². The van der Waals surface area contributed by atoms with Gasteiger partial charge in [-0.1, -0.05) is 18.2 Å². The van der Waals surface area contributed by atoms with Gasteiger partial charge in [-0.3, -0.25) is 4.72 Å². The van der Waals surface area contributed by atoms with Crippen LogP contribution in [0.2, 0.25) is 0 Å². The van der Waals surface area contributed by atoms with Gasteiger partial charge in [0.05, 0.1) is 5.69 Å². The van der Waals surface area contributed by atoms with E-state index >= 15 is 0 Å². The summed E-state index contributed by atoms with van der Waals surface area (Å²) in [5, 5.41) is 20.7. The summed E-state index contributed by atoms with van der Waals surface area (Å²) in [6, 6.07) is 10.6. The van der Waals surface area contributed by atoms with Crippen LogP contribution in [0.15, 0.2) is 52.7 Å². The van der Waals surface area contributed by atoms with Gasteiger partial charge in [0.2, 0.25) is 0 Å². The van der Waals surface area contributed by atoms with E-state index in [0.717, 1.165) is 16.8 Å². The molecule has 2 aromatic carbocycles. The minimum absolute atomic E-state index is 0.0859. The van der Waals surface area contributed by atoms with Gasteiger partial charge in [-0.15, -0.1) is 11.3 Å². The molecule has 0 aliphatic heterocycles. The van der Waals surface area contributed by atoms with Crippen molar-refractivity contribution in [3.05, 3.63) is 53.4 Å². The minimum Gasteiger partial charge on any atom is -0.507 e. The van der Waals surface area contributed by atoms with Crippen LogP contribution in [-0.2, 0) is 10.0 Å². The molecule has 0 aliphatic rings. The number of rotatable bonds is 4. The van der Waals surface area contributed by atoms with Gasteiger partial charge in [-0.25, -0.2) is 13.2 Å². The molecule has 23 heavy (non-hydrogen) atoms. The summed E-state index contributed by atoms with van der Waals surface area (Å²) in [6.45, 7) is 0. The Hall–Kier alpha value is -2.58. The summed E-state index contributed by atoms with van der Waals surface area (Å²) in [4.78, 5) is 11.0. The van der Waals surface area contributed by atoms with Crippen molar-refractivity contribution in [2.45, 2.75) is 4.90 Å². The van der Waals surface area contributed by atoms with Crippen LogP contribution in [0.4, 0.5) is 5.69 Å². The number of aromatic carboxylic acids is 1. The summed E-state index contributed by atoms with van der Waals surface area (Å²) < 4.78 is 28.2. The van der Waals surface area contributed by atoms with Crippen molar-refractivity contribution in [3.8, 4) is 5.75 Å². The fourth-order valence-corrected chi connectivity index (χ4v) is 4.70. The smallest absolute Gasteiger partial charge is 0.339 e. The third-order valence-electron chi connectivity index (χ3n) is 3.22. The van der Waals surface area contributed by atoms with E-state index in [1.807, 2.05) is 12.1 Å².